The predicted octanol–water partition coefficient (Wildman–Crippen LogP) is 9.29. The molecule has 1 amide bonds. The summed E-state index contributed by atoms with van der Waals surface area (Å²) in [5, 5.41) is 5.56. The predicted molar refractivity (Wildman–Crippen MR) is 158 cm³/mol. The minimum absolute atomic E-state index is 0.136. The smallest absolute Gasteiger partial charge is 0.412 e. The Balaban J connectivity index is 1.29. The molecule has 39 heavy (non-hydrogen) atoms. The van der Waals surface area contributed by atoms with Crippen molar-refractivity contribution in [2.75, 3.05) is 11.9 Å². The van der Waals surface area contributed by atoms with Gasteiger partial charge in [0.25, 0.3) is 0 Å². The number of carbonyl (C=O) groups excluding carboxylic acids is 2. The zero-order valence-electron chi connectivity index (χ0n) is 21.5. The number of thiophene rings is 1. The number of amides is 1. The van der Waals surface area contributed by atoms with E-state index >= 15 is 0 Å². The Hall–Kier alpha value is -3.32. The summed E-state index contributed by atoms with van der Waals surface area (Å²) in [5.74, 6) is -0.136. The van der Waals surface area contributed by atoms with Crippen molar-refractivity contribution >= 4 is 52.3 Å². The fraction of sp³-hybridized carbons (Fsp3) is 0.226. The molecule has 0 saturated heterocycles. The van der Waals surface area contributed by atoms with Crippen molar-refractivity contribution in [3.05, 3.63) is 99.3 Å². The van der Waals surface area contributed by atoms with Crippen molar-refractivity contribution in [1.82, 2.24) is 0 Å². The van der Waals surface area contributed by atoms with Gasteiger partial charge in [-0.15, -0.1) is 11.3 Å². The molecular weight excluding hydrogens is 553 g/mol. The number of anilines is 1. The van der Waals surface area contributed by atoms with Gasteiger partial charge < -0.3 is 9.47 Å². The molecule has 0 bridgehead atoms. The highest BCUT2D eigenvalue weighted by Gasteiger charge is 2.52. The fourth-order valence-corrected chi connectivity index (χ4v) is 6.14. The molecule has 1 saturated carbocycles. The molecule has 1 atom stereocenters. The molecule has 200 valence electrons. The SMILES string of the molecule is CCOC(=O)C1(c2ccc(-c3ccc(-c4scc(Cl)c4NC(=O)O[C@H](C)c4ccccc4Cl)cc3)cc2)CC1. The normalized spacial score (nSPS) is 14.4. The van der Waals surface area contributed by atoms with Crippen LogP contribution in [0.5, 0.6) is 0 Å². The monoisotopic (exact) mass is 579 g/mol. The van der Waals surface area contributed by atoms with E-state index in [4.69, 9.17) is 32.7 Å². The molecule has 5 rings (SSSR count). The lowest BCUT2D eigenvalue weighted by atomic mass is 9.93. The van der Waals surface area contributed by atoms with Crippen LogP contribution in [-0.4, -0.2) is 18.7 Å². The van der Waals surface area contributed by atoms with Gasteiger partial charge in [-0.25, -0.2) is 4.79 Å². The third kappa shape index (κ3) is 5.69. The molecule has 0 radical (unpaired) electrons. The van der Waals surface area contributed by atoms with Gasteiger partial charge in [-0.3, -0.25) is 10.1 Å². The number of carbonyl (C=O) groups is 2. The summed E-state index contributed by atoms with van der Waals surface area (Å²) in [6.07, 6.45) is 0.507. The van der Waals surface area contributed by atoms with Crippen LogP contribution in [0, 0.1) is 0 Å². The van der Waals surface area contributed by atoms with Crippen LogP contribution in [0.25, 0.3) is 21.6 Å². The molecule has 1 aliphatic carbocycles. The Kier molecular flexibility index (Phi) is 7.98. The summed E-state index contributed by atoms with van der Waals surface area (Å²) < 4.78 is 10.8. The van der Waals surface area contributed by atoms with E-state index in [1.165, 1.54) is 11.3 Å². The van der Waals surface area contributed by atoms with Crippen molar-refractivity contribution < 1.29 is 19.1 Å². The Morgan fingerprint density at radius 2 is 1.54 bits per heavy atom. The minimum Gasteiger partial charge on any atom is -0.465 e. The number of hydrogen-bond donors (Lipinski definition) is 1. The highest BCUT2D eigenvalue weighted by atomic mass is 35.5. The summed E-state index contributed by atoms with van der Waals surface area (Å²) in [5.41, 5.74) is 4.75. The maximum absolute atomic E-state index is 12.7. The average Bonchev–Trinajstić information content (AvgIpc) is 3.68. The number of esters is 1. The van der Waals surface area contributed by atoms with E-state index < -0.39 is 17.6 Å². The van der Waals surface area contributed by atoms with Crippen molar-refractivity contribution in [2.45, 2.75) is 38.2 Å². The fourth-order valence-electron chi connectivity index (χ4n) is 4.63. The van der Waals surface area contributed by atoms with Gasteiger partial charge in [-0.1, -0.05) is 89.9 Å². The van der Waals surface area contributed by atoms with E-state index in [-0.39, 0.29) is 5.97 Å². The number of benzene rings is 3. The van der Waals surface area contributed by atoms with Crippen LogP contribution >= 0.6 is 34.5 Å². The Labute approximate surface area is 241 Å². The number of rotatable bonds is 8. The van der Waals surface area contributed by atoms with Crippen molar-refractivity contribution in [3.8, 4) is 21.6 Å². The quantitative estimate of drug-likeness (QED) is 0.211. The lowest BCUT2D eigenvalue weighted by molar-refractivity contribution is -0.146. The van der Waals surface area contributed by atoms with E-state index in [0.717, 1.165) is 45.5 Å². The third-order valence-corrected chi connectivity index (χ3v) is 8.74. The topological polar surface area (TPSA) is 64.6 Å². The first-order valence-corrected chi connectivity index (χ1v) is 14.3. The molecule has 4 aromatic rings. The average molecular weight is 581 g/mol. The van der Waals surface area contributed by atoms with Crippen molar-refractivity contribution in [3.63, 3.8) is 0 Å². The zero-order valence-corrected chi connectivity index (χ0v) is 23.8. The lowest BCUT2D eigenvalue weighted by Gasteiger charge is -2.16. The largest absolute Gasteiger partial charge is 0.465 e. The van der Waals surface area contributed by atoms with E-state index in [1.807, 2.05) is 73.7 Å². The molecule has 1 aliphatic rings. The number of ether oxygens (including phenoxy) is 2. The van der Waals surface area contributed by atoms with Crippen LogP contribution in [0.4, 0.5) is 10.5 Å². The molecule has 1 fully saturated rings. The van der Waals surface area contributed by atoms with Crippen LogP contribution in [0.2, 0.25) is 10.0 Å². The van der Waals surface area contributed by atoms with Gasteiger partial charge in [0.15, 0.2) is 0 Å². The molecule has 8 heteroatoms. The van der Waals surface area contributed by atoms with E-state index in [0.29, 0.717) is 22.3 Å². The first-order chi connectivity index (χ1) is 18.8. The van der Waals surface area contributed by atoms with Gasteiger partial charge in [0.2, 0.25) is 0 Å². The van der Waals surface area contributed by atoms with Crippen molar-refractivity contribution in [1.29, 1.82) is 0 Å². The maximum Gasteiger partial charge on any atom is 0.412 e. The third-order valence-electron chi connectivity index (χ3n) is 6.93. The number of nitrogens with one attached hydrogen (secondary N) is 1. The van der Waals surface area contributed by atoms with E-state index in [9.17, 15) is 9.59 Å². The molecule has 5 nitrogen and oxygen atoms in total. The highest BCUT2D eigenvalue weighted by Crippen LogP contribution is 2.49. The Morgan fingerprint density at radius 3 is 2.15 bits per heavy atom. The lowest BCUT2D eigenvalue weighted by Crippen LogP contribution is -2.23. The summed E-state index contributed by atoms with van der Waals surface area (Å²) in [4.78, 5) is 25.9. The molecular formula is C31H27Cl2NO4S. The van der Waals surface area contributed by atoms with Gasteiger partial charge in [-0.05, 0) is 55.0 Å². The van der Waals surface area contributed by atoms with Crippen molar-refractivity contribution in [2.24, 2.45) is 0 Å². The molecule has 0 spiro atoms. The summed E-state index contributed by atoms with van der Waals surface area (Å²) >= 11 is 14.1. The molecule has 3 aromatic carbocycles. The maximum atomic E-state index is 12.7. The molecule has 0 aliphatic heterocycles. The second-order valence-corrected chi connectivity index (χ2v) is 11.1. The van der Waals surface area contributed by atoms with Crippen LogP contribution in [0.1, 0.15) is 43.9 Å². The molecule has 1 N–H and O–H groups in total. The summed E-state index contributed by atoms with van der Waals surface area (Å²) in [7, 11) is 0. The van der Waals surface area contributed by atoms with Crippen LogP contribution in [0.15, 0.2) is 78.2 Å². The molecule has 1 aromatic heterocycles. The van der Waals surface area contributed by atoms with Gasteiger partial charge in [0.1, 0.15) is 6.10 Å². The Morgan fingerprint density at radius 1 is 0.923 bits per heavy atom. The minimum atomic E-state index is -0.614. The van der Waals surface area contributed by atoms with Crippen LogP contribution in [0.3, 0.4) is 0 Å². The summed E-state index contributed by atoms with van der Waals surface area (Å²) in [6, 6.07) is 23.4. The van der Waals surface area contributed by atoms with Gasteiger partial charge >= 0.3 is 12.1 Å². The zero-order chi connectivity index (χ0) is 27.6. The van der Waals surface area contributed by atoms with Gasteiger partial charge in [0.05, 0.1) is 27.6 Å². The first-order valence-electron chi connectivity index (χ1n) is 12.7. The standard InChI is InChI=1S/C31H27Cl2NO4S/c1-3-37-29(35)31(16-17-31)23-14-12-21(13-15-23)20-8-10-22(11-9-20)28-27(26(33)18-39-28)34-30(36)38-19(2)24-6-4-5-7-25(24)32/h4-15,18-19H,3,16-17H2,1-2H3,(H,34,36)/t19-/m1/s1. The number of hydrogen-bond acceptors (Lipinski definition) is 5. The highest BCUT2D eigenvalue weighted by molar-refractivity contribution is 7.15. The number of halogens is 2. The first kappa shape index (κ1) is 27.3. The van der Waals surface area contributed by atoms with E-state index in [2.05, 4.69) is 5.32 Å². The van der Waals surface area contributed by atoms with Crippen LogP contribution in [-0.2, 0) is 19.7 Å². The summed E-state index contributed by atoms with van der Waals surface area (Å²) in [6.45, 7) is 3.99. The second kappa shape index (κ2) is 11.4. The molecule has 1 heterocycles. The van der Waals surface area contributed by atoms with Gasteiger partial charge in [0, 0.05) is 16.0 Å². The molecule has 0 unspecified atom stereocenters. The van der Waals surface area contributed by atoms with E-state index in [1.54, 1.807) is 18.4 Å². The Bertz CT molecular complexity index is 1490. The van der Waals surface area contributed by atoms with Crippen LogP contribution < -0.4 is 5.32 Å². The second-order valence-electron chi connectivity index (χ2n) is 9.44. The van der Waals surface area contributed by atoms with Gasteiger partial charge in [-0.2, -0.15) is 0 Å².